The van der Waals surface area contributed by atoms with Gasteiger partial charge in [0.2, 0.25) is 11.8 Å². The molecule has 0 bridgehead atoms. The molecule has 0 spiro atoms. The molecule has 11 heteroatoms. The number of methoxy groups -OCH3 is 1. The monoisotopic (exact) mass is 619 g/mol. The van der Waals surface area contributed by atoms with Crippen LogP contribution >= 0.6 is 23.2 Å². The fourth-order valence-electron chi connectivity index (χ4n) is 4.07. The van der Waals surface area contributed by atoms with E-state index >= 15 is 0 Å². The zero-order chi connectivity index (χ0) is 30.3. The van der Waals surface area contributed by atoms with Gasteiger partial charge in [0.15, 0.2) is 0 Å². The minimum absolute atomic E-state index is 0.00564. The summed E-state index contributed by atoms with van der Waals surface area (Å²) in [4.78, 5) is 28.6. The van der Waals surface area contributed by atoms with E-state index < -0.39 is 28.5 Å². The van der Waals surface area contributed by atoms with Crippen LogP contribution in [0.5, 0.6) is 5.75 Å². The van der Waals surface area contributed by atoms with Gasteiger partial charge in [-0.1, -0.05) is 60.0 Å². The van der Waals surface area contributed by atoms with Crippen molar-refractivity contribution in [3.8, 4) is 5.75 Å². The lowest BCUT2D eigenvalue weighted by Crippen LogP contribution is -2.52. The van der Waals surface area contributed by atoms with Gasteiger partial charge in [0.25, 0.3) is 10.0 Å². The second-order valence-electron chi connectivity index (χ2n) is 9.82. The van der Waals surface area contributed by atoms with E-state index in [-0.39, 0.29) is 39.1 Å². The van der Waals surface area contributed by atoms with E-state index in [1.54, 1.807) is 43.3 Å². The number of anilines is 1. The molecule has 0 saturated carbocycles. The summed E-state index contributed by atoms with van der Waals surface area (Å²) in [6.07, 6.45) is 0.709. The Kier molecular flexibility index (Phi) is 11.1. The Morgan fingerprint density at radius 3 is 2.20 bits per heavy atom. The molecule has 0 aliphatic heterocycles. The van der Waals surface area contributed by atoms with Gasteiger partial charge in [-0.2, -0.15) is 0 Å². The Bertz CT molecular complexity index is 1460. The summed E-state index contributed by atoms with van der Waals surface area (Å²) in [7, 11) is -2.70. The van der Waals surface area contributed by atoms with E-state index in [1.165, 1.54) is 42.3 Å². The number of nitrogens with zero attached hydrogens (tertiary/aromatic N) is 2. The van der Waals surface area contributed by atoms with Crippen molar-refractivity contribution >= 4 is 50.7 Å². The first-order valence-electron chi connectivity index (χ1n) is 13.1. The van der Waals surface area contributed by atoms with Gasteiger partial charge in [-0.25, -0.2) is 8.42 Å². The molecule has 0 heterocycles. The van der Waals surface area contributed by atoms with E-state index in [0.29, 0.717) is 17.7 Å². The van der Waals surface area contributed by atoms with Crippen molar-refractivity contribution in [3.05, 3.63) is 87.9 Å². The van der Waals surface area contributed by atoms with Crippen molar-refractivity contribution in [2.75, 3.05) is 18.0 Å². The normalized spacial score (nSPS) is 12.8. The predicted molar refractivity (Wildman–Crippen MR) is 163 cm³/mol. The lowest BCUT2D eigenvalue weighted by molar-refractivity contribution is -0.139. The second kappa shape index (κ2) is 14.1. The molecular weight excluding hydrogens is 585 g/mol. The van der Waals surface area contributed by atoms with Crippen molar-refractivity contribution in [2.24, 2.45) is 0 Å². The van der Waals surface area contributed by atoms with Gasteiger partial charge in [-0.3, -0.25) is 13.9 Å². The molecule has 2 amide bonds. The maximum atomic E-state index is 14.0. The van der Waals surface area contributed by atoms with Crippen LogP contribution in [0.4, 0.5) is 5.69 Å². The molecular formula is C30H35Cl2N3O5S. The Morgan fingerprint density at radius 2 is 1.61 bits per heavy atom. The number of hydrogen-bond donors (Lipinski definition) is 1. The highest BCUT2D eigenvalue weighted by molar-refractivity contribution is 7.92. The summed E-state index contributed by atoms with van der Waals surface area (Å²) in [5.41, 5.74) is 1.71. The van der Waals surface area contributed by atoms with E-state index in [0.717, 1.165) is 9.87 Å². The molecule has 3 aromatic rings. The largest absolute Gasteiger partial charge is 0.497 e. The number of hydrogen-bond acceptors (Lipinski definition) is 5. The molecule has 0 radical (unpaired) electrons. The van der Waals surface area contributed by atoms with Crippen LogP contribution < -0.4 is 14.4 Å². The van der Waals surface area contributed by atoms with Gasteiger partial charge < -0.3 is 15.0 Å². The lowest BCUT2D eigenvalue weighted by atomic mass is 10.1. The number of sulfonamides is 1. The SMILES string of the molecule is CC[C@@H](C)NC(=O)[C@H](C)N(Cc1cccc(OC)c1)C(=O)CN(c1cc(Cl)cc(Cl)c1)S(=O)(=O)c1ccc(C)cc1. The van der Waals surface area contributed by atoms with Crippen LogP contribution in [0.25, 0.3) is 0 Å². The summed E-state index contributed by atoms with van der Waals surface area (Å²) in [5.74, 6) is -0.357. The number of ether oxygens (including phenoxy) is 1. The molecule has 220 valence electrons. The molecule has 0 aliphatic carbocycles. The van der Waals surface area contributed by atoms with Crippen molar-refractivity contribution in [1.29, 1.82) is 0 Å². The van der Waals surface area contributed by atoms with Gasteiger partial charge in [-0.05, 0) is 75.2 Å². The smallest absolute Gasteiger partial charge is 0.264 e. The van der Waals surface area contributed by atoms with E-state index in [9.17, 15) is 18.0 Å². The molecule has 0 unspecified atom stereocenters. The Hall–Kier alpha value is -3.27. The van der Waals surface area contributed by atoms with Crippen molar-refractivity contribution in [1.82, 2.24) is 10.2 Å². The number of amides is 2. The third kappa shape index (κ3) is 8.38. The molecule has 41 heavy (non-hydrogen) atoms. The summed E-state index contributed by atoms with van der Waals surface area (Å²) in [6.45, 7) is 6.72. The molecule has 3 rings (SSSR count). The fraction of sp³-hybridized carbons (Fsp3) is 0.333. The molecule has 0 aromatic heterocycles. The third-order valence-corrected chi connectivity index (χ3v) is 8.90. The zero-order valence-corrected chi connectivity index (χ0v) is 26.1. The number of nitrogens with one attached hydrogen (secondary N) is 1. The maximum absolute atomic E-state index is 14.0. The first-order chi connectivity index (χ1) is 19.3. The van der Waals surface area contributed by atoms with Crippen LogP contribution in [0.3, 0.4) is 0 Å². The topological polar surface area (TPSA) is 96.0 Å². The first kappa shape index (κ1) is 32.2. The number of rotatable bonds is 12. The van der Waals surface area contributed by atoms with E-state index in [2.05, 4.69) is 5.32 Å². The van der Waals surface area contributed by atoms with Crippen LogP contribution in [0, 0.1) is 6.92 Å². The Morgan fingerprint density at radius 1 is 0.976 bits per heavy atom. The van der Waals surface area contributed by atoms with Crippen molar-refractivity contribution in [2.45, 2.75) is 57.6 Å². The Labute approximate surface area is 252 Å². The van der Waals surface area contributed by atoms with Crippen LogP contribution in [0.1, 0.15) is 38.3 Å². The van der Waals surface area contributed by atoms with E-state index in [1.807, 2.05) is 20.8 Å². The fourth-order valence-corrected chi connectivity index (χ4v) is 5.98. The molecule has 2 atom stereocenters. The molecule has 0 fully saturated rings. The molecule has 0 saturated heterocycles. The minimum atomic E-state index is -4.24. The first-order valence-corrected chi connectivity index (χ1v) is 15.3. The van der Waals surface area contributed by atoms with Crippen LogP contribution in [0.2, 0.25) is 10.0 Å². The summed E-state index contributed by atoms with van der Waals surface area (Å²) >= 11 is 12.5. The zero-order valence-electron chi connectivity index (χ0n) is 23.7. The van der Waals surface area contributed by atoms with Crippen LogP contribution in [-0.4, -0.2) is 50.9 Å². The van der Waals surface area contributed by atoms with Gasteiger partial charge >= 0.3 is 0 Å². The van der Waals surface area contributed by atoms with Crippen molar-refractivity contribution < 1.29 is 22.7 Å². The predicted octanol–water partition coefficient (Wildman–Crippen LogP) is 5.84. The van der Waals surface area contributed by atoms with Gasteiger partial charge in [0, 0.05) is 22.6 Å². The lowest BCUT2D eigenvalue weighted by Gasteiger charge is -2.32. The average molecular weight is 621 g/mol. The average Bonchev–Trinajstić information content (AvgIpc) is 2.93. The minimum Gasteiger partial charge on any atom is -0.497 e. The maximum Gasteiger partial charge on any atom is 0.264 e. The summed E-state index contributed by atoms with van der Waals surface area (Å²) in [5, 5.41) is 3.32. The molecule has 8 nitrogen and oxygen atoms in total. The number of halogens is 2. The highest BCUT2D eigenvalue weighted by Gasteiger charge is 2.33. The second-order valence-corrected chi connectivity index (χ2v) is 12.6. The number of benzene rings is 3. The quantitative estimate of drug-likeness (QED) is 0.275. The van der Waals surface area contributed by atoms with Gasteiger partial charge in [0.1, 0.15) is 18.3 Å². The highest BCUT2D eigenvalue weighted by Crippen LogP contribution is 2.30. The summed E-state index contributed by atoms with van der Waals surface area (Å²) < 4.78 is 34.1. The van der Waals surface area contributed by atoms with Gasteiger partial charge in [-0.15, -0.1) is 0 Å². The van der Waals surface area contributed by atoms with Crippen LogP contribution in [-0.2, 0) is 26.2 Å². The molecule has 0 aliphatic rings. The highest BCUT2D eigenvalue weighted by atomic mass is 35.5. The number of carbonyl (C=O) groups is 2. The van der Waals surface area contributed by atoms with Gasteiger partial charge in [0.05, 0.1) is 17.7 Å². The molecule has 3 aromatic carbocycles. The van der Waals surface area contributed by atoms with Crippen LogP contribution in [0.15, 0.2) is 71.6 Å². The van der Waals surface area contributed by atoms with E-state index in [4.69, 9.17) is 27.9 Å². The standard InChI is InChI=1S/C30H35Cl2N3O5S/c1-6-21(3)33-30(37)22(4)34(18-23-8-7-9-27(14-23)40-5)29(36)19-35(26-16-24(31)15-25(32)17-26)41(38,39)28-12-10-20(2)11-13-28/h7-17,21-22H,6,18-19H2,1-5H3,(H,33,37)/t21-,22+/m1/s1. The number of aryl methyl sites for hydroxylation is 1. The Balaban J connectivity index is 2.07. The third-order valence-electron chi connectivity index (χ3n) is 6.68. The van der Waals surface area contributed by atoms with Crippen molar-refractivity contribution in [3.63, 3.8) is 0 Å². The number of carbonyl (C=O) groups excluding carboxylic acids is 2. The summed E-state index contributed by atoms with van der Waals surface area (Å²) in [6, 6.07) is 16.7. The molecule has 1 N–H and O–H groups in total.